The molecule has 0 saturated heterocycles. The molecule has 1 atom stereocenters. The predicted octanol–water partition coefficient (Wildman–Crippen LogP) is 1.83. The number of hydrogen-bond donors (Lipinski definition) is 2. The number of carbonyl (C=O) groups excluding carboxylic acids is 1. The minimum Gasteiger partial charge on any atom is -0.481 e. The summed E-state index contributed by atoms with van der Waals surface area (Å²) < 4.78 is 37.1. The molecule has 0 aliphatic heterocycles. The summed E-state index contributed by atoms with van der Waals surface area (Å²) in [6.45, 7) is 2.19. The van der Waals surface area contributed by atoms with Crippen LogP contribution >= 0.6 is 0 Å². The molecule has 146 valence electrons. The maximum atomic E-state index is 12.2. The molecule has 0 bridgehead atoms. The Kier molecular flexibility index (Phi) is 7.86. The van der Waals surface area contributed by atoms with Crippen LogP contribution in [0.5, 0.6) is 5.75 Å². The van der Waals surface area contributed by atoms with Crippen molar-refractivity contribution < 1.29 is 22.7 Å². The molecule has 26 heavy (non-hydrogen) atoms. The van der Waals surface area contributed by atoms with Crippen molar-refractivity contribution in [1.82, 2.24) is 10.0 Å². The molecule has 1 aliphatic rings. The van der Waals surface area contributed by atoms with Gasteiger partial charge in [0.15, 0.2) is 6.10 Å². The third-order valence-corrected chi connectivity index (χ3v) is 5.84. The number of benzene rings is 1. The number of amides is 1. The van der Waals surface area contributed by atoms with Gasteiger partial charge in [0.1, 0.15) is 5.75 Å². The zero-order valence-electron chi connectivity index (χ0n) is 15.4. The number of rotatable bonds is 9. The molecule has 1 saturated carbocycles. The first kappa shape index (κ1) is 20.7. The zero-order chi connectivity index (χ0) is 19.0. The molecule has 8 heteroatoms. The minimum absolute atomic E-state index is 0.139. The molecule has 0 unspecified atom stereocenters. The smallest absolute Gasteiger partial charge is 0.260 e. The Morgan fingerprint density at radius 1 is 1.19 bits per heavy atom. The summed E-state index contributed by atoms with van der Waals surface area (Å²) in [5.41, 5.74) is 0. The van der Waals surface area contributed by atoms with Gasteiger partial charge in [-0.1, -0.05) is 19.3 Å². The molecular formula is C18H28N2O5S. The van der Waals surface area contributed by atoms with Crippen LogP contribution in [0.4, 0.5) is 0 Å². The Morgan fingerprint density at radius 3 is 2.46 bits per heavy atom. The van der Waals surface area contributed by atoms with E-state index in [2.05, 4.69) is 10.0 Å². The largest absolute Gasteiger partial charge is 0.481 e. The summed E-state index contributed by atoms with van der Waals surface area (Å²) in [6.07, 6.45) is 4.92. The van der Waals surface area contributed by atoms with Crippen LogP contribution in [0.15, 0.2) is 29.2 Å². The lowest BCUT2D eigenvalue weighted by Gasteiger charge is -2.24. The van der Waals surface area contributed by atoms with Gasteiger partial charge < -0.3 is 14.8 Å². The zero-order valence-corrected chi connectivity index (χ0v) is 16.2. The summed E-state index contributed by atoms with van der Waals surface area (Å²) in [6, 6.07) is 6.24. The summed E-state index contributed by atoms with van der Waals surface area (Å²) in [5.74, 6) is 0.307. The molecule has 7 nitrogen and oxygen atoms in total. The molecule has 0 spiro atoms. The fourth-order valence-corrected chi connectivity index (χ4v) is 3.90. The van der Waals surface area contributed by atoms with E-state index in [9.17, 15) is 13.2 Å². The summed E-state index contributed by atoms with van der Waals surface area (Å²) in [5, 5.41) is 3.02. The van der Waals surface area contributed by atoms with E-state index in [1.54, 1.807) is 19.1 Å². The summed E-state index contributed by atoms with van der Waals surface area (Å²) >= 11 is 0. The van der Waals surface area contributed by atoms with E-state index in [1.807, 2.05) is 0 Å². The Labute approximate surface area is 155 Å². The van der Waals surface area contributed by atoms with Crippen molar-refractivity contribution in [3.8, 4) is 5.75 Å². The molecule has 1 fully saturated rings. The fraction of sp³-hybridized carbons (Fsp3) is 0.611. The van der Waals surface area contributed by atoms with E-state index in [-0.39, 0.29) is 23.4 Å². The van der Waals surface area contributed by atoms with Crippen LogP contribution in [-0.4, -0.2) is 46.7 Å². The topological polar surface area (TPSA) is 93.7 Å². The van der Waals surface area contributed by atoms with Crippen molar-refractivity contribution in [2.24, 2.45) is 0 Å². The third-order valence-electron chi connectivity index (χ3n) is 4.37. The molecule has 1 amide bonds. The molecule has 0 heterocycles. The number of sulfonamides is 1. The highest BCUT2D eigenvalue weighted by Crippen LogP contribution is 2.19. The Balaban J connectivity index is 1.88. The molecule has 1 aliphatic carbocycles. The highest BCUT2D eigenvalue weighted by molar-refractivity contribution is 7.89. The van der Waals surface area contributed by atoms with Gasteiger partial charge >= 0.3 is 0 Å². The second-order valence-electron chi connectivity index (χ2n) is 6.47. The van der Waals surface area contributed by atoms with Gasteiger partial charge in [0, 0.05) is 19.7 Å². The lowest BCUT2D eigenvalue weighted by Crippen LogP contribution is -2.43. The van der Waals surface area contributed by atoms with Crippen LogP contribution in [0.25, 0.3) is 0 Å². The minimum atomic E-state index is -3.58. The van der Waals surface area contributed by atoms with Gasteiger partial charge in [-0.15, -0.1) is 0 Å². The number of nitrogens with one attached hydrogen (secondary N) is 2. The van der Waals surface area contributed by atoms with Crippen molar-refractivity contribution >= 4 is 15.9 Å². The average molecular weight is 384 g/mol. The average Bonchev–Trinajstić information content (AvgIpc) is 2.63. The van der Waals surface area contributed by atoms with Crippen molar-refractivity contribution in [3.63, 3.8) is 0 Å². The number of hydrogen-bond acceptors (Lipinski definition) is 5. The van der Waals surface area contributed by atoms with Crippen LogP contribution in [0.3, 0.4) is 0 Å². The van der Waals surface area contributed by atoms with Gasteiger partial charge in [-0.2, -0.15) is 0 Å². The van der Waals surface area contributed by atoms with Crippen LogP contribution < -0.4 is 14.8 Å². The lowest BCUT2D eigenvalue weighted by atomic mass is 9.95. The Morgan fingerprint density at radius 2 is 1.85 bits per heavy atom. The van der Waals surface area contributed by atoms with E-state index >= 15 is 0 Å². The van der Waals surface area contributed by atoms with Gasteiger partial charge in [0.05, 0.1) is 11.5 Å². The van der Waals surface area contributed by atoms with E-state index in [0.717, 1.165) is 25.7 Å². The van der Waals surface area contributed by atoms with E-state index in [1.165, 1.54) is 25.7 Å². The molecule has 0 aromatic heterocycles. The summed E-state index contributed by atoms with van der Waals surface area (Å²) in [4.78, 5) is 12.4. The Hall–Kier alpha value is -1.64. The molecule has 1 aromatic carbocycles. The van der Waals surface area contributed by atoms with Crippen molar-refractivity contribution in [3.05, 3.63) is 24.3 Å². The van der Waals surface area contributed by atoms with Crippen molar-refractivity contribution in [1.29, 1.82) is 0 Å². The molecule has 2 N–H and O–H groups in total. The van der Waals surface area contributed by atoms with Crippen LogP contribution in [-0.2, 0) is 19.6 Å². The normalized spacial score (nSPS) is 16.8. The SMILES string of the molecule is COCCNS(=O)(=O)c1ccc(O[C@H](C)C(=O)NC2CCCCC2)cc1. The van der Waals surface area contributed by atoms with Gasteiger partial charge in [-0.05, 0) is 44.0 Å². The van der Waals surface area contributed by atoms with Gasteiger partial charge in [-0.3, -0.25) is 4.79 Å². The third kappa shape index (κ3) is 6.26. The fourth-order valence-electron chi connectivity index (χ4n) is 2.88. The number of ether oxygens (including phenoxy) is 2. The summed E-state index contributed by atoms with van der Waals surface area (Å²) in [7, 11) is -2.07. The predicted molar refractivity (Wildman–Crippen MR) is 98.6 cm³/mol. The van der Waals surface area contributed by atoms with Crippen molar-refractivity contribution in [2.75, 3.05) is 20.3 Å². The first-order valence-electron chi connectivity index (χ1n) is 8.98. The molecule has 0 radical (unpaired) electrons. The highest BCUT2D eigenvalue weighted by Gasteiger charge is 2.21. The van der Waals surface area contributed by atoms with Crippen LogP contribution in [0.1, 0.15) is 39.0 Å². The van der Waals surface area contributed by atoms with Gasteiger partial charge in [-0.25, -0.2) is 13.1 Å². The standard InChI is InChI=1S/C18H28N2O5S/c1-14(18(21)20-15-6-4-3-5-7-15)25-16-8-10-17(11-9-16)26(22,23)19-12-13-24-2/h8-11,14-15,19H,3-7,12-13H2,1-2H3,(H,20,21)/t14-/m1/s1. The maximum absolute atomic E-state index is 12.2. The lowest BCUT2D eigenvalue weighted by molar-refractivity contribution is -0.128. The van der Waals surface area contributed by atoms with E-state index < -0.39 is 16.1 Å². The quantitative estimate of drug-likeness (QED) is 0.634. The second kappa shape index (κ2) is 9.89. The van der Waals surface area contributed by atoms with E-state index in [4.69, 9.17) is 9.47 Å². The first-order valence-corrected chi connectivity index (χ1v) is 10.5. The van der Waals surface area contributed by atoms with Gasteiger partial charge in [0.2, 0.25) is 10.0 Å². The molecule has 1 aromatic rings. The monoisotopic (exact) mass is 384 g/mol. The van der Waals surface area contributed by atoms with Crippen LogP contribution in [0, 0.1) is 0 Å². The number of methoxy groups -OCH3 is 1. The molecular weight excluding hydrogens is 356 g/mol. The Bertz CT molecular complexity index is 669. The van der Waals surface area contributed by atoms with Crippen molar-refractivity contribution in [2.45, 2.75) is 56.1 Å². The second-order valence-corrected chi connectivity index (χ2v) is 8.23. The molecule has 2 rings (SSSR count). The maximum Gasteiger partial charge on any atom is 0.260 e. The first-order chi connectivity index (χ1) is 12.4. The van der Waals surface area contributed by atoms with E-state index in [0.29, 0.717) is 12.4 Å². The van der Waals surface area contributed by atoms with Crippen LogP contribution in [0.2, 0.25) is 0 Å². The number of carbonyl (C=O) groups is 1. The van der Waals surface area contributed by atoms with Gasteiger partial charge in [0.25, 0.3) is 5.91 Å². The highest BCUT2D eigenvalue weighted by atomic mass is 32.2.